The van der Waals surface area contributed by atoms with Gasteiger partial charge in [0.15, 0.2) is 0 Å². The Hall–Kier alpha value is -1.77. The van der Waals surface area contributed by atoms with Crippen LogP contribution in [0.2, 0.25) is 0 Å². The molecular formula is C17H23N3. The van der Waals surface area contributed by atoms with Crippen LogP contribution >= 0.6 is 0 Å². The van der Waals surface area contributed by atoms with E-state index in [-0.39, 0.29) is 0 Å². The predicted molar refractivity (Wildman–Crippen MR) is 85.8 cm³/mol. The zero-order chi connectivity index (χ0) is 13.9. The van der Waals surface area contributed by atoms with E-state index in [2.05, 4.69) is 23.3 Å². The summed E-state index contributed by atoms with van der Waals surface area (Å²) >= 11 is 0. The molecule has 3 rings (SSSR count). The second kappa shape index (κ2) is 5.70. The molecule has 20 heavy (non-hydrogen) atoms. The maximum absolute atomic E-state index is 6.01. The summed E-state index contributed by atoms with van der Waals surface area (Å²) in [5.41, 5.74) is 8.90. The summed E-state index contributed by atoms with van der Waals surface area (Å²) in [5, 5.41) is 4.62. The molecule has 2 aromatic rings. The highest BCUT2D eigenvalue weighted by Crippen LogP contribution is 2.30. The summed E-state index contributed by atoms with van der Waals surface area (Å²) in [7, 11) is 0. The summed E-state index contributed by atoms with van der Waals surface area (Å²) < 4.78 is 0. The number of nitrogen functional groups attached to an aromatic ring is 1. The Morgan fingerprint density at radius 3 is 2.80 bits per heavy atom. The molecule has 1 aliphatic carbocycles. The van der Waals surface area contributed by atoms with Gasteiger partial charge < -0.3 is 11.1 Å². The SMILES string of the molecule is CC1CCC(CNc2ccc(N)c3cccnc23)CC1. The van der Waals surface area contributed by atoms with Crippen molar-refractivity contribution in [3.8, 4) is 0 Å². The number of pyridine rings is 1. The smallest absolute Gasteiger partial charge is 0.0953 e. The first kappa shape index (κ1) is 13.2. The van der Waals surface area contributed by atoms with Crippen LogP contribution in [0.15, 0.2) is 30.5 Å². The third-order valence-corrected chi connectivity index (χ3v) is 4.52. The van der Waals surface area contributed by atoms with Gasteiger partial charge in [0.05, 0.1) is 11.2 Å². The van der Waals surface area contributed by atoms with Crippen molar-refractivity contribution in [2.75, 3.05) is 17.6 Å². The van der Waals surface area contributed by atoms with Gasteiger partial charge in [-0.05, 0) is 48.9 Å². The predicted octanol–water partition coefficient (Wildman–Crippen LogP) is 4.06. The highest BCUT2D eigenvalue weighted by molar-refractivity contribution is 5.98. The largest absolute Gasteiger partial charge is 0.398 e. The topological polar surface area (TPSA) is 50.9 Å². The maximum Gasteiger partial charge on any atom is 0.0953 e. The van der Waals surface area contributed by atoms with Gasteiger partial charge in [-0.1, -0.05) is 19.8 Å². The van der Waals surface area contributed by atoms with E-state index in [1.807, 2.05) is 24.4 Å². The van der Waals surface area contributed by atoms with Crippen LogP contribution in [0.5, 0.6) is 0 Å². The highest BCUT2D eigenvalue weighted by Gasteiger charge is 2.18. The van der Waals surface area contributed by atoms with Crippen molar-refractivity contribution in [3.63, 3.8) is 0 Å². The monoisotopic (exact) mass is 269 g/mol. The third-order valence-electron chi connectivity index (χ3n) is 4.52. The number of aromatic nitrogens is 1. The Balaban J connectivity index is 1.73. The Kier molecular flexibility index (Phi) is 3.77. The van der Waals surface area contributed by atoms with Crippen LogP contribution in [0.3, 0.4) is 0 Å². The number of benzene rings is 1. The average Bonchev–Trinajstić information content (AvgIpc) is 2.49. The van der Waals surface area contributed by atoms with Gasteiger partial charge in [0, 0.05) is 23.8 Å². The molecule has 1 fully saturated rings. The summed E-state index contributed by atoms with van der Waals surface area (Å²) in [4.78, 5) is 4.48. The molecule has 1 saturated carbocycles. The lowest BCUT2D eigenvalue weighted by molar-refractivity contribution is 0.300. The van der Waals surface area contributed by atoms with Crippen LogP contribution in [-0.2, 0) is 0 Å². The van der Waals surface area contributed by atoms with E-state index in [0.29, 0.717) is 0 Å². The van der Waals surface area contributed by atoms with Gasteiger partial charge in [-0.25, -0.2) is 0 Å². The fourth-order valence-electron chi connectivity index (χ4n) is 3.12. The molecule has 1 heterocycles. The fourth-order valence-corrected chi connectivity index (χ4v) is 3.12. The van der Waals surface area contributed by atoms with Gasteiger partial charge in [0.2, 0.25) is 0 Å². The average molecular weight is 269 g/mol. The first-order valence-electron chi connectivity index (χ1n) is 7.61. The zero-order valence-corrected chi connectivity index (χ0v) is 12.1. The van der Waals surface area contributed by atoms with Crippen LogP contribution in [0.4, 0.5) is 11.4 Å². The van der Waals surface area contributed by atoms with E-state index in [1.54, 1.807) is 0 Å². The Morgan fingerprint density at radius 2 is 2.00 bits per heavy atom. The molecule has 1 aromatic heterocycles. The molecule has 1 aliphatic rings. The van der Waals surface area contributed by atoms with Crippen LogP contribution in [0.25, 0.3) is 10.9 Å². The summed E-state index contributed by atoms with van der Waals surface area (Å²) in [6, 6.07) is 7.99. The van der Waals surface area contributed by atoms with E-state index in [4.69, 9.17) is 5.73 Å². The van der Waals surface area contributed by atoms with Crippen LogP contribution in [0, 0.1) is 11.8 Å². The zero-order valence-electron chi connectivity index (χ0n) is 12.1. The lowest BCUT2D eigenvalue weighted by atomic mass is 9.83. The third kappa shape index (κ3) is 2.72. The standard InChI is InChI=1S/C17H23N3/c1-12-4-6-13(7-5-12)11-20-16-9-8-15(18)14-3-2-10-19-17(14)16/h2-3,8-10,12-13,20H,4-7,11,18H2,1H3. The van der Waals surface area contributed by atoms with Crippen LogP contribution in [0.1, 0.15) is 32.6 Å². The van der Waals surface area contributed by atoms with Crippen LogP contribution < -0.4 is 11.1 Å². The Bertz CT molecular complexity index is 586. The van der Waals surface area contributed by atoms with Crippen molar-refractivity contribution in [1.29, 1.82) is 0 Å². The lowest BCUT2D eigenvalue weighted by Crippen LogP contribution is -2.20. The number of nitrogens with zero attached hydrogens (tertiary/aromatic N) is 1. The van der Waals surface area contributed by atoms with Crippen molar-refractivity contribution < 1.29 is 0 Å². The Labute approximate surface area is 120 Å². The van der Waals surface area contributed by atoms with E-state index in [9.17, 15) is 0 Å². The quantitative estimate of drug-likeness (QED) is 0.826. The van der Waals surface area contributed by atoms with Gasteiger partial charge in [-0.3, -0.25) is 4.98 Å². The maximum atomic E-state index is 6.01. The number of fused-ring (bicyclic) bond motifs is 1. The van der Waals surface area contributed by atoms with E-state index >= 15 is 0 Å². The molecule has 3 nitrogen and oxygen atoms in total. The summed E-state index contributed by atoms with van der Waals surface area (Å²) in [6.07, 6.45) is 7.25. The summed E-state index contributed by atoms with van der Waals surface area (Å²) in [5.74, 6) is 1.70. The number of nitrogens with one attached hydrogen (secondary N) is 1. The molecule has 0 saturated heterocycles. The minimum Gasteiger partial charge on any atom is -0.398 e. The molecule has 1 aromatic carbocycles. The van der Waals surface area contributed by atoms with Gasteiger partial charge in [-0.15, -0.1) is 0 Å². The molecule has 0 bridgehead atoms. The van der Waals surface area contributed by atoms with Gasteiger partial charge >= 0.3 is 0 Å². The van der Waals surface area contributed by atoms with Crippen molar-refractivity contribution >= 4 is 22.3 Å². The van der Waals surface area contributed by atoms with Crippen molar-refractivity contribution in [1.82, 2.24) is 4.98 Å². The first-order valence-corrected chi connectivity index (χ1v) is 7.61. The molecular weight excluding hydrogens is 246 g/mol. The van der Waals surface area contributed by atoms with Crippen molar-refractivity contribution in [3.05, 3.63) is 30.5 Å². The van der Waals surface area contributed by atoms with E-state index in [0.717, 1.165) is 40.7 Å². The number of hydrogen-bond acceptors (Lipinski definition) is 3. The molecule has 0 atom stereocenters. The fraction of sp³-hybridized carbons (Fsp3) is 0.471. The number of rotatable bonds is 3. The lowest BCUT2D eigenvalue weighted by Gasteiger charge is -2.26. The number of anilines is 2. The minimum atomic E-state index is 0.794. The van der Waals surface area contributed by atoms with Gasteiger partial charge in [0.1, 0.15) is 0 Å². The van der Waals surface area contributed by atoms with Gasteiger partial charge in [-0.2, -0.15) is 0 Å². The first-order chi connectivity index (χ1) is 9.74. The van der Waals surface area contributed by atoms with E-state index in [1.165, 1.54) is 25.7 Å². The molecule has 3 N–H and O–H groups in total. The molecule has 0 radical (unpaired) electrons. The molecule has 0 unspecified atom stereocenters. The molecule has 3 heteroatoms. The van der Waals surface area contributed by atoms with Crippen LogP contribution in [-0.4, -0.2) is 11.5 Å². The molecule has 0 amide bonds. The van der Waals surface area contributed by atoms with Crippen molar-refractivity contribution in [2.24, 2.45) is 11.8 Å². The molecule has 0 spiro atoms. The highest BCUT2D eigenvalue weighted by atomic mass is 14.9. The summed E-state index contributed by atoms with van der Waals surface area (Å²) in [6.45, 7) is 3.41. The van der Waals surface area contributed by atoms with E-state index < -0.39 is 0 Å². The number of nitrogens with two attached hydrogens (primary N) is 1. The molecule has 0 aliphatic heterocycles. The molecule has 106 valence electrons. The normalized spacial score (nSPS) is 22.9. The van der Waals surface area contributed by atoms with Crippen molar-refractivity contribution in [2.45, 2.75) is 32.6 Å². The second-order valence-corrected chi connectivity index (χ2v) is 6.11. The number of hydrogen-bond donors (Lipinski definition) is 2. The Morgan fingerprint density at radius 1 is 1.20 bits per heavy atom. The van der Waals surface area contributed by atoms with Gasteiger partial charge in [0.25, 0.3) is 0 Å². The second-order valence-electron chi connectivity index (χ2n) is 6.11. The minimum absolute atomic E-state index is 0.794.